The summed E-state index contributed by atoms with van der Waals surface area (Å²) in [6, 6.07) is 9.93. The average molecular weight is 249 g/mol. The van der Waals surface area contributed by atoms with Crippen molar-refractivity contribution in [2.45, 2.75) is 39.2 Å². The van der Waals surface area contributed by atoms with Crippen molar-refractivity contribution < 1.29 is 9.90 Å². The number of carbonyl (C=O) groups excluding carboxylic acids is 1. The molecule has 1 aromatic rings. The molecule has 2 atom stereocenters. The van der Waals surface area contributed by atoms with Crippen molar-refractivity contribution >= 4 is 5.91 Å². The van der Waals surface area contributed by atoms with Crippen LogP contribution in [-0.2, 0) is 4.79 Å². The molecule has 3 heteroatoms. The van der Waals surface area contributed by atoms with Crippen LogP contribution in [0, 0.1) is 5.92 Å². The molecule has 2 unspecified atom stereocenters. The molecule has 0 saturated heterocycles. The number of benzene rings is 1. The van der Waals surface area contributed by atoms with Gasteiger partial charge in [0, 0.05) is 12.5 Å². The first kappa shape index (κ1) is 14.7. The monoisotopic (exact) mass is 249 g/mol. The molecule has 0 aliphatic rings. The van der Waals surface area contributed by atoms with Crippen LogP contribution < -0.4 is 5.32 Å². The average Bonchev–Trinajstić information content (AvgIpc) is 2.36. The zero-order valence-corrected chi connectivity index (χ0v) is 11.4. The number of rotatable bonds is 6. The Morgan fingerprint density at radius 3 is 2.33 bits per heavy atom. The number of aliphatic hydroxyl groups is 1. The second kappa shape index (κ2) is 7.17. The van der Waals surface area contributed by atoms with Crippen LogP contribution in [0.15, 0.2) is 30.3 Å². The summed E-state index contributed by atoms with van der Waals surface area (Å²) in [4.78, 5) is 11.9. The van der Waals surface area contributed by atoms with Crippen molar-refractivity contribution in [3.05, 3.63) is 35.9 Å². The number of aliphatic hydroxyl groups excluding tert-OH is 1. The highest BCUT2D eigenvalue weighted by Crippen LogP contribution is 2.27. The highest BCUT2D eigenvalue weighted by Gasteiger charge is 2.20. The largest absolute Gasteiger partial charge is 0.394 e. The molecule has 0 aliphatic heterocycles. The summed E-state index contributed by atoms with van der Waals surface area (Å²) >= 11 is 0. The van der Waals surface area contributed by atoms with E-state index >= 15 is 0 Å². The van der Waals surface area contributed by atoms with Gasteiger partial charge < -0.3 is 10.4 Å². The van der Waals surface area contributed by atoms with Gasteiger partial charge in [-0.1, -0.05) is 44.2 Å². The lowest BCUT2D eigenvalue weighted by molar-refractivity contribution is -0.122. The second-order valence-electron chi connectivity index (χ2n) is 5.12. The van der Waals surface area contributed by atoms with Gasteiger partial charge in [0.05, 0.1) is 6.61 Å². The molecular formula is C15H23NO2. The van der Waals surface area contributed by atoms with Crippen LogP contribution in [0.25, 0.3) is 0 Å². The van der Waals surface area contributed by atoms with E-state index in [1.54, 1.807) is 6.92 Å². The van der Waals surface area contributed by atoms with Crippen molar-refractivity contribution in [1.29, 1.82) is 0 Å². The third-order valence-electron chi connectivity index (χ3n) is 3.12. The number of hydrogen-bond acceptors (Lipinski definition) is 2. The van der Waals surface area contributed by atoms with Crippen molar-refractivity contribution in [2.24, 2.45) is 5.92 Å². The third-order valence-corrected chi connectivity index (χ3v) is 3.12. The van der Waals surface area contributed by atoms with Gasteiger partial charge in [0.1, 0.15) is 0 Å². The van der Waals surface area contributed by atoms with Crippen LogP contribution in [0.5, 0.6) is 0 Å². The molecule has 1 amide bonds. The Morgan fingerprint density at radius 2 is 1.83 bits per heavy atom. The van der Waals surface area contributed by atoms with E-state index in [9.17, 15) is 4.79 Å². The molecule has 0 fully saturated rings. The molecule has 100 valence electrons. The molecule has 0 bridgehead atoms. The summed E-state index contributed by atoms with van der Waals surface area (Å²) in [5, 5.41) is 11.7. The third kappa shape index (κ3) is 4.49. The minimum absolute atomic E-state index is 0.000830. The van der Waals surface area contributed by atoms with Crippen LogP contribution in [0.3, 0.4) is 0 Å². The predicted octanol–water partition coefficient (Wildman–Crippen LogP) is 2.31. The Labute approximate surface area is 109 Å². The summed E-state index contributed by atoms with van der Waals surface area (Å²) in [6.45, 7) is 6.02. The highest BCUT2D eigenvalue weighted by atomic mass is 16.3. The first-order valence-corrected chi connectivity index (χ1v) is 6.49. The molecule has 0 spiro atoms. The molecule has 0 aromatic heterocycles. The van der Waals surface area contributed by atoms with E-state index in [0.29, 0.717) is 12.3 Å². The Morgan fingerprint density at radius 1 is 1.22 bits per heavy atom. The standard InChI is InChI=1S/C15H23NO2/c1-11(2)14(13-7-5-4-6-8-13)9-15(18)16-12(3)10-17/h4-8,11-12,14,17H,9-10H2,1-3H3,(H,16,18). The number of amides is 1. The van der Waals surface area contributed by atoms with Crippen molar-refractivity contribution in [3.63, 3.8) is 0 Å². The van der Waals surface area contributed by atoms with Crippen LogP contribution in [0.4, 0.5) is 0 Å². The minimum Gasteiger partial charge on any atom is -0.394 e. The van der Waals surface area contributed by atoms with E-state index in [1.165, 1.54) is 5.56 Å². The first-order valence-electron chi connectivity index (χ1n) is 6.49. The molecule has 2 N–H and O–H groups in total. The molecule has 0 radical (unpaired) electrons. The Hall–Kier alpha value is -1.35. The topological polar surface area (TPSA) is 49.3 Å². The Kier molecular flexibility index (Phi) is 5.86. The van der Waals surface area contributed by atoms with Gasteiger partial charge >= 0.3 is 0 Å². The quantitative estimate of drug-likeness (QED) is 0.813. The SMILES string of the molecule is CC(CO)NC(=O)CC(c1ccccc1)C(C)C. The summed E-state index contributed by atoms with van der Waals surface area (Å²) in [5.41, 5.74) is 1.19. The van der Waals surface area contributed by atoms with Gasteiger partial charge in [-0.15, -0.1) is 0 Å². The Bertz CT molecular complexity index is 362. The van der Waals surface area contributed by atoms with E-state index in [4.69, 9.17) is 5.11 Å². The smallest absolute Gasteiger partial charge is 0.220 e. The van der Waals surface area contributed by atoms with Gasteiger partial charge in [0.2, 0.25) is 5.91 Å². The molecule has 0 heterocycles. The van der Waals surface area contributed by atoms with Crippen LogP contribution in [0.2, 0.25) is 0 Å². The maximum atomic E-state index is 11.9. The highest BCUT2D eigenvalue weighted by molar-refractivity contribution is 5.77. The number of carbonyl (C=O) groups is 1. The van der Waals surface area contributed by atoms with Gasteiger partial charge in [0.25, 0.3) is 0 Å². The molecule has 1 aromatic carbocycles. The fourth-order valence-electron chi connectivity index (χ4n) is 2.02. The number of hydrogen-bond donors (Lipinski definition) is 2. The maximum absolute atomic E-state index is 11.9. The summed E-state index contributed by atoms with van der Waals surface area (Å²) in [7, 11) is 0. The van der Waals surface area contributed by atoms with Crippen LogP contribution in [-0.4, -0.2) is 23.7 Å². The normalized spacial score (nSPS) is 14.3. The lowest BCUT2D eigenvalue weighted by Gasteiger charge is -2.22. The van der Waals surface area contributed by atoms with E-state index in [2.05, 4.69) is 31.3 Å². The van der Waals surface area contributed by atoms with Gasteiger partial charge in [-0.3, -0.25) is 4.79 Å². The number of nitrogens with one attached hydrogen (secondary N) is 1. The zero-order valence-electron chi connectivity index (χ0n) is 11.4. The zero-order chi connectivity index (χ0) is 13.5. The van der Waals surface area contributed by atoms with Crippen molar-refractivity contribution in [2.75, 3.05) is 6.61 Å². The maximum Gasteiger partial charge on any atom is 0.220 e. The predicted molar refractivity (Wildman–Crippen MR) is 73.3 cm³/mol. The minimum atomic E-state index is -0.180. The molecule has 0 aliphatic carbocycles. The Balaban J connectivity index is 2.67. The molecule has 1 rings (SSSR count). The van der Waals surface area contributed by atoms with Crippen molar-refractivity contribution in [3.8, 4) is 0 Å². The van der Waals surface area contributed by atoms with E-state index in [0.717, 1.165) is 0 Å². The van der Waals surface area contributed by atoms with Crippen molar-refractivity contribution in [1.82, 2.24) is 5.32 Å². The fraction of sp³-hybridized carbons (Fsp3) is 0.533. The van der Waals surface area contributed by atoms with Gasteiger partial charge in [-0.2, -0.15) is 0 Å². The molecule has 3 nitrogen and oxygen atoms in total. The molecular weight excluding hydrogens is 226 g/mol. The molecule has 0 saturated carbocycles. The van der Waals surface area contributed by atoms with E-state index in [1.807, 2.05) is 18.2 Å². The lowest BCUT2D eigenvalue weighted by Crippen LogP contribution is -2.36. The van der Waals surface area contributed by atoms with Gasteiger partial charge in [0.15, 0.2) is 0 Å². The van der Waals surface area contributed by atoms with Crippen LogP contribution in [0.1, 0.15) is 38.7 Å². The summed E-state index contributed by atoms with van der Waals surface area (Å²) < 4.78 is 0. The van der Waals surface area contributed by atoms with E-state index < -0.39 is 0 Å². The fourth-order valence-corrected chi connectivity index (χ4v) is 2.02. The summed E-state index contributed by atoms with van der Waals surface area (Å²) in [5.74, 6) is 0.624. The van der Waals surface area contributed by atoms with Crippen LogP contribution >= 0.6 is 0 Å². The van der Waals surface area contributed by atoms with Gasteiger partial charge in [-0.25, -0.2) is 0 Å². The summed E-state index contributed by atoms with van der Waals surface area (Å²) in [6.07, 6.45) is 0.464. The second-order valence-corrected chi connectivity index (χ2v) is 5.12. The van der Waals surface area contributed by atoms with E-state index in [-0.39, 0.29) is 24.5 Å². The first-order chi connectivity index (χ1) is 8.54. The molecule has 18 heavy (non-hydrogen) atoms. The lowest BCUT2D eigenvalue weighted by atomic mass is 9.85. The van der Waals surface area contributed by atoms with Gasteiger partial charge in [-0.05, 0) is 24.3 Å².